The van der Waals surface area contributed by atoms with Gasteiger partial charge in [-0.05, 0) is 30.5 Å². The number of amides is 3. The molecular formula is C15H19F2N3O2. The van der Waals surface area contributed by atoms with E-state index in [1.165, 1.54) is 19.1 Å². The number of carbonyl (C=O) groups excluding carboxylic acids is 2. The highest BCUT2D eigenvalue weighted by Crippen LogP contribution is 2.11. The zero-order valence-electron chi connectivity index (χ0n) is 12.4. The number of rotatable bonds is 3. The molecule has 2 rings (SSSR count). The van der Waals surface area contributed by atoms with Gasteiger partial charge in [0.1, 0.15) is 11.6 Å². The van der Waals surface area contributed by atoms with Crippen LogP contribution in [0, 0.1) is 11.6 Å². The molecule has 1 aromatic rings. The predicted molar refractivity (Wildman–Crippen MR) is 77.0 cm³/mol. The number of nitrogens with one attached hydrogen (secondary N) is 2. The van der Waals surface area contributed by atoms with Crippen molar-refractivity contribution in [2.75, 3.05) is 13.1 Å². The third-order valence-corrected chi connectivity index (χ3v) is 3.48. The van der Waals surface area contributed by atoms with Gasteiger partial charge >= 0.3 is 6.03 Å². The highest BCUT2D eigenvalue weighted by Gasteiger charge is 2.23. The second-order valence-electron chi connectivity index (χ2n) is 5.42. The van der Waals surface area contributed by atoms with Crippen molar-refractivity contribution < 1.29 is 18.4 Å². The fraction of sp³-hybridized carbons (Fsp3) is 0.467. The summed E-state index contributed by atoms with van der Waals surface area (Å²) in [6.07, 6.45) is 1.63. The fourth-order valence-corrected chi connectivity index (χ4v) is 2.57. The minimum atomic E-state index is -0.673. The van der Waals surface area contributed by atoms with Crippen molar-refractivity contribution in [2.45, 2.75) is 32.4 Å². The second-order valence-corrected chi connectivity index (χ2v) is 5.42. The lowest BCUT2D eigenvalue weighted by molar-refractivity contribution is -0.119. The monoisotopic (exact) mass is 311 g/mol. The van der Waals surface area contributed by atoms with Crippen LogP contribution < -0.4 is 10.6 Å². The Bertz CT molecular complexity index is 545. The van der Waals surface area contributed by atoms with Gasteiger partial charge in [0.05, 0.1) is 0 Å². The Balaban J connectivity index is 1.87. The molecule has 7 heteroatoms. The van der Waals surface area contributed by atoms with Crippen LogP contribution in [0.25, 0.3) is 0 Å². The van der Waals surface area contributed by atoms with Gasteiger partial charge in [0.2, 0.25) is 5.91 Å². The van der Waals surface area contributed by atoms with Gasteiger partial charge < -0.3 is 15.5 Å². The number of hydrogen-bond acceptors (Lipinski definition) is 2. The quantitative estimate of drug-likeness (QED) is 0.894. The van der Waals surface area contributed by atoms with Crippen molar-refractivity contribution in [3.63, 3.8) is 0 Å². The van der Waals surface area contributed by atoms with Crippen molar-refractivity contribution in [3.8, 4) is 0 Å². The van der Waals surface area contributed by atoms with E-state index in [1.807, 2.05) is 0 Å². The number of nitrogens with zero attached hydrogens (tertiary/aromatic N) is 1. The molecule has 0 radical (unpaired) electrons. The molecule has 3 amide bonds. The fourth-order valence-electron chi connectivity index (χ4n) is 2.57. The van der Waals surface area contributed by atoms with E-state index in [0.717, 1.165) is 18.9 Å². The topological polar surface area (TPSA) is 61.4 Å². The minimum absolute atomic E-state index is 0.0504. The maximum absolute atomic E-state index is 13.1. The number of carbonyl (C=O) groups is 2. The molecule has 1 aliphatic heterocycles. The van der Waals surface area contributed by atoms with Crippen molar-refractivity contribution in [1.82, 2.24) is 15.5 Å². The van der Waals surface area contributed by atoms with E-state index in [-0.39, 0.29) is 24.5 Å². The van der Waals surface area contributed by atoms with E-state index >= 15 is 0 Å². The molecule has 1 fully saturated rings. The maximum atomic E-state index is 13.1. The maximum Gasteiger partial charge on any atom is 0.317 e. The van der Waals surface area contributed by atoms with Crippen LogP contribution in [0.3, 0.4) is 0 Å². The number of benzene rings is 1. The Morgan fingerprint density at radius 2 is 1.95 bits per heavy atom. The summed E-state index contributed by atoms with van der Waals surface area (Å²) >= 11 is 0. The summed E-state index contributed by atoms with van der Waals surface area (Å²) in [6, 6.07) is 2.79. The summed E-state index contributed by atoms with van der Waals surface area (Å²) in [7, 11) is 0. The van der Waals surface area contributed by atoms with E-state index in [0.29, 0.717) is 18.7 Å². The Kier molecular flexibility index (Phi) is 5.30. The molecule has 2 N–H and O–H groups in total. The highest BCUT2D eigenvalue weighted by atomic mass is 19.1. The van der Waals surface area contributed by atoms with Gasteiger partial charge in [0.25, 0.3) is 0 Å². The van der Waals surface area contributed by atoms with Crippen LogP contribution in [0.15, 0.2) is 18.2 Å². The van der Waals surface area contributed by atoms with Crippen molar-refractivity contribution in [3.05, 3.63) is 35.4 Å². The lowest BCUT2D eigenvalue weighted by atomic mass is 10.1. The normalized spacial score (nSPS) is 18.0. The molecule has 0 spiro atoms. The first kappa shape index (κ1) is 16.2. The zero-order chi connectivity index (χ0) is 16.1. The van der Waals surface area contributed by atoms with Gasteiger partial charge in [0.15, 0.2) is 0 Å². The van der Waals surface area contributed by atoms with Gasteiger partial charge in [-0.1, -0.05) is 0 Å². The molecular weight excluding hydrogens is 292 g/mol. The molecule has 1 aromatic carbocycles. The Labute approximate surface area is 127 Å². The van der Waals surface area contributed by atoms with Gasteiger partial charge in [-0.2, -0.15) is 0 Å². The average molecular weight is 311 g/mol. The van der Waals surface area contributed by atoms with Crippen LogP contribution in [0.1, 0.15) is 25.3 Å². The molecule has 0 bridgehead atoms. The first-order valence-electron chi connectivity index (χ1n) is 7.19. The molecule has 1 heterocycles. The van der Waals surface area contributed by atoms with Gasteiger partial charge in [-0.25, -0.2) is 13.6 Å². The van der Waals surface area contributed by atoms with E-state index in [2.05, 4.69) is 10.6 Å². The smallest absolute Gasteiger partial charge is 0.317 e. The molecule has 1 unspecified atom stereocenters. The Hall–Kier alpha value is -2.18. The number of halogens is 2. The van der Waals surface area contributed by atoms with Crippen LogP contribution in [0.5, 0.6) is 0 Å². The summed E-state index contributed by atoms with van der Waals surface area (Å²) < 4.78 is 26.2. The number of urea groups is 1. The van der Waals surface area contributed by atoms with Crippen LogP contribution in [0.4, 0.5) is 13.6 Å². The molecule has 0 aromatic heterocycles. The van der Waals surface area contributed by atoms with E-state index in [4.69, 9.17) is 0 Å². The van der Waals surface area contributed by atoms with Crippen molar-refractivity contribution in [1.29, 1.82) is 0 Å². The average Bonchev–Trinajstić information content (AvgIpc) is 2.43. The molecule has 0 saturated carbocycles. The summed E-state index contributed by atoms with van der Waals surface area (Å²) in [5.74, 6) is -1.47. The summed E-state index contributed by atoms with van der Waals surface area (Å²) in [6.45, 7) is 2.52. The molecule has 1 aliphatic rings. The number of hydrogen-bond donors (Lipinski definition) is 2. The lowest BCUT2D eigenvalue weighted by Crippen LogP contribution is -2.51. The first-order chi connectivity index (χ1) is 10.4. The van der Waals surface area contributed by atoms with E-state index in [1.54, 1.807) is 4.90 Å². The summed E-state index contributed by atoms with van der Waals surface area (Å²) in [5, 5.41) is 5.43. The van der Waals surface area contributed by atoms with Gasteiger partial charge in [0, 0.05) is 38.7 Å². The standard InChI is InChI=1S/C15H19F2N3O2/c1-10(21)19-14-3-2-4-20(9-14)15(22)18-8-11-5-12(16)7-13(17)6-11/h5-7,14H,2-4,8-9H2,1H3,(H,18,22)(H,19,21). The summed E-state index contributed by atoms with van der Waals surface area (Å²) in [4.78, 5) is 24.7. The van der Waals surface area contributed by atoms with Crippen LogP contribution in [-0.2, 0) is 11.3 Å². The lowest BCUT2D eigenvalue weighted by Gasteiger charge is -2.33. The van der Waals surface area contributed by atoms with E-state index < -0.39 is 11.6 Å². The number of likely N-dealkylation sites (tertiary alicyclic amines) is 1. The Morgan fingerprint density at radius 3 is 2.59 bits per heavy atom. The van der Waals surface area contributed by atoms with Crippen molar-refractivity contribution >= 4 is 11.9 Å². The number of piperidine rings is 1. The largest absolute Gasteiger partial charge is 0.352 e. The minimum Gasteiger partial charge on any atom is -0.352 e. The van der Waals surface area contributed by atoms with Gasteiger partial charge in [-0.15, -0.1) is 0 Å². The van der Waals surface area contributed by atoms with Crippen LogP contribution in [-0.4, -0.2) is 36.0 Å². The molecule has 1 atom stereocenters. The zero-order valence-corrected chi connectivity index (χ0v) is 12.4. The molecule has 120 valence electrons. The SMILES string of the molecule is CC(=O)NC1CCCN(C(=O)NCc2cc(F)cc(F)c2)C1. The third kappa shape index (κ3) is 4.68. The van der Waals surface area contributed by atoms with Crippen LogP contribution in [0.2, 0.25) is 0 Å². The first-order valence-corrected chi connectivity index (χ1v) is 7.19. The predicted octanol–water partition coefficient (Wildman–Crippen LogP) is 1.77. The van der Waals surface area contributed by atoms with Crippen LogP contribution >= 0.6 is 0 Å². The molecule has 0 aliphatic carbocycles. The third-order valence-electron chi connectivity index (χ3n) is 3.48. The molecule has 1 saturated heterocycles. The highest BCUT2D eigenvalue weighted by molar-refractivity contribution is 5.75. The van der Waals surface area contributed by atoms with E-state index in [9.17, 15) is 18.4 Å². The summed E-state index contributed by atoms with van der Waals surface area (Å²) in [5.41, 5.74) is 0.362. The second kappa shape index (κ2) is 7.20. The Morgan fingerprint density at radius 1 is 1.27 bits per heavy atom. The molecule has 5 nitrogen and oxygen atoms in total. The molecule has 22 heavy (non-hydrogen) atoms. The van der Waals surface area contributed by atoms with Crippen molar-refractivity contribution in [2.24, 2.45) is 0 Å². The van der Waals surface area contributed by atoms with Gasteiger partial charge in [-0.3, -0.25) is 4.79 Å².